The van der Waals surface area contributed by atoms with E-state index in [-0.39, 0.29) is 5.60 Å². The molecule has 0 unspecified atom stereocenters. The van der Waals surface area contributed by atoms with Gasteiger partial charge in [-0.05, 0) is 32.9 Å². The summed E-state index contributed by atoms with van der Waals surface area (Å²) >= 11 is 0. The maximum Gasteiger partial charge on any atom is 0.145 e. The van der Waals surface area contributed by atoms with E-state index >= 15 is 0 Å². The third-order valence-corrected chi connectivity index (χ3v) is 1.97. The number of fused-ring (bicyclic) bond motifs is 1. The fraction of sp³-hybridized carbons (Fsp3) is 0.333. The highest BCUT2D eigenvalue weighted by atomic mass is 16.5. The maximum absolute atomic E-state index is 5.82. The molecule has 0 aliphatic carbocycles. The van der Waals surface area contributed by atoms with Crippen molar-refractivity contribution in [2.24, 2.45) is 0 Å². The lowest BCUT2D eigenvalue weighted by molar-refractivity contribution is 0.133. The van der Waals surface area contributed by atoms with Crippen molar-refractivity contribution in [2.45, 2.75) is 26.4 Å². The van der Waals surface area contributed by atoms with Gasteiger partial charge in [-0.2, -0.15) is 0 Å². The van der Waals surface area contributed by atoms with Crippen molar-refractivity contribution in [1.82, 2.24) is 4.98 Å². The van der Waals surface area contributed by atoms with Crippen LogP contribution in [0.15, 0.2) is 30.5 Å². The Morgan fingerprint density at radius 2 is 1.86 bits per heavy atom. The molecule has 0 radical (unpaired) electrons. The Morgan fingerprint density at radius 3 is 2.57 bits per heavy atom. The first-order valence-electron chi connectivity index (χ1n) is 4.81. The van der Waals surface area contributed by atoms with Crippen LogP contribution in [0.25, 0.3) is 10.9 Å². The van der Waals surface area contributed by atoms with E-state index in [0.717, 1.165) is 16.7 Å². The number of hydrogen-bond donors (Lipinski definition) is 1. The van der Waals surface area contributed by atoms with Gasteiger partial charge in [0, 0.05) is 17.1 Å². The molecule has 14 heavy (non-hydrogen) atoms. The summed E-state index contributed by atoms with van der Waals surface area (Å²) in [7, 11) is 0. The molecule has 0 saturated heterocycles. The smallest absolute Gasteiger partial charge is 0.145 e. The Bertz CT molecular complexity index is 437. The van der Waals surface area contributed by atoms with Crippen LogP contribution in [0, 0.1) is 0 Å². The van der Waals surface area contributed by atoms with Gasteiger partial charge in [-0.1, -0.05) is 12.1 Å². The van der Waals surface area contributed by atoms with Crippen molar-refractivity contribution in [3.63, 3.8) is 0 Å². The molecule has 2 heteroatoms. The maximum atomic E-state index is 5.82. The normalized spacial score (nSPS) is 11.9. The number of nitrogens with one attached hydrogen (secondary N) is 1. The van der Waals surface area contributed by atoms with Gasteiger partial charge < -0.3 is 9.72 Å². The second-order valence-corrected chi connectivity index (χ2v) is 4.41. The molecular weight excluding hydrogens is 174 g/mol. The van der Waals surface area contributed by atoms with Gasteiger partial charge in [0.05, 0.1) is 0 Å². The molecule has 1 aromatic carbocycles. The summed E-state index contributed by atoms with van der Waals surface area (Å²) in [5.74, 6) is 0.924. The van der Waals surface area contributed by atoms with E-state index < -0.39 is 0 Å². The van der Waals surface area contributed by atoms with Crippen LogP contribution in [0.3, 0.4) is 0 Å². The Labute approximate surface area is 83.9 Å². The average molecular weight is 189 g/mol. The Balaban J connectivity index is 2.44. The van der Waals surface area contributed by atoms with Gasteiger partial charge in [0.15, 0.2) is 0 Å². The third kappa shape index (κ3) is 1.74. The molecule has 0 aliphatic rings. The second kappa shape index (κ2) is 3.05. The van der Waals surface area contributed by atoms with Crippen LogP contribution in [-0.4, -0.2) is 10.6 Å². The Kier molecular flexibility index (Phi) is 1.99. The van der Waals surface area contributed by atoms with Crippen molar-refractivity contribution in [1.29, 1.82) is 0 Å². The van der Waals surface area contributed by atoms with Crippen LogP contribution in [0.5, 0.6) is 5.75 Å². The average Bonchev–Trinajstić information content (AvgIpc) is 2.47. The van der Waals surface area contributed by atoms with Crippen LogP contribution >= 0.6 is 0 Å². The van der Waals surface area contributed by atoms with Crippen LogP contribution in [0.4, 0.5) is 0 Å². The zero-order valence-electron chi connectivity index (χ0n) is 8.79. The third-order valence-electron chi connectivity index (χ3n) is 1.97. The van der Waals surface area contributed by atoms with E-state index in [9.17, 15) is 0 Å². The molecule has 0 amide bonds. The highest BCUT2D eigenvalue weighted by Crippen LogP contribution is 2.27. The zero-order chi connectivity index (χ0) is 10.2. The van der Waals surface area contributed by atoms with Crippen molar-refractivity contribution >= 4 is 10.9 Å². The molecule has 0 atom stereocenters. The topological polar surface area (TPSA) is 25.0 Å². The SMILES string of the molecule is CC(C)(C)Oc1c[nH]c2ccccc12. The summed E-state index contributed by atoms with van der Waals surface area (Å²) in [6, 6.07) is 8.14. The first kappa shape index (κ1) is 9.13. The minimum absolute atomic E-state index is 0.148. The standard InChI is InChI=1S/C12H15NO/c1-12(2,3)14-11-8-13-10-7-5-4-6-9(10)11/h4-8,13H,1-3H3. The fourth-order valence-electron chi connectivity index (χ4n) is 1.46. The van der Waals surface area contributed by atoms with Crippen LogP contribution in [0.2, 0.25) is 0 Å². The largest absolute Gasteiger partial charge is 0.486 e. The number of aromatic nitrogens is 1. The predicted molar refractivity (Wildman–Crippen MR) is 58.7 cm³/mol. The molecule has 0 fully saturated rings. The second-order valence-electron chi connectivity index (χ2n) is 4.41. The van der Waals surface area contributed by atoms with Crippen LogP contribution in [0.1, 0.15) is 20.8 Å². The molecule has 0 aliphatic heterocycles. The predicted octanol–water partition coefficient (Wildman–Crippen LogP) is 3.35. The molecular formula is C12H15NO. The van der Waals surface area contributed by atoms with E-state index in [1.165, 1.54) is 0 Å². The molecule has 1 heterocycles. The van der Waals surface area contributed by atoms with Crippen molar-refractivity contribution < 1.29 is 4.74 Å². The lowest BCUT2D eigenvalue weighted by atomic mass is 10.2. The van der Waals surface area contributed by atoms with Gasteiger partial charge in [0.1, 0.15) is 11.4 Å². The van der Waals surface area contributed by atoms with Gasteiger partial charge in [-0.3, -0.25) is 0 Å². The summed E-state index contributed by atoms with van der Waals surface area (Å²) in [4.78, 5) is 3.19. The van der Waals surface area contributed by atoms with Gasteiger partial charge >= 0.3 is 0 Å². The lowest BCUT2D eigenvalue weighted by Gasteiger charge is -2.20. The summed E-state index contributed by atoms with van der Waals surface area (Å²) < 4.78 is 5.82. The van der Waals surface area contributed by atoms with E-state index in [1.807, 2.05) is 24.4 Å². The summed E-state index contributed by atoms with van der Waals surface area (Å²) in [5, 5.41) is 1.14. The minimum Gasteiger partial charge on any atom is -0.486 e. The highest BCUT2D eigenvalue weighted by Gasteiger charge is 2.14. The number of hydrogen-bond acceptors (Lipinski definition) is 1. The molecule has 2 nitrogen and oxygen atoms in total. The van der Waals surface area contributed by atoms with Gasteiger partial charge in [-0.15, -0.1) is 0 Å². The van der Waals surface area contributed by atoms with Crippen LogP contribution < -0.4 is 4.74 Å². The number of para-hydroxylation sites is 1. The highest BCUT2D eigenvalue weighted by molar-refractivity contribution is 5.85. The first-order chi connectivity index (χ1) is 6.56. The number of rotatable bonds is 1. The van der Waals surface area contributed by atoms with Crippen molar-refractivity contribution in [3.05, 3.63) is 30.5 Å². The summed E-state index contributed by atoms with van der Waals surface area (Å²) in [6.45, 7) is 6.15. The Hall–Kier alpha value is -1.44. The van der Waals surface area contributed by atoms with Crippen LogP contribution in [-0.2, 0) is 0 Å². The van der Waals surface area contributed by atoms with Crippen molar-refractivity contribution in [2.75, 3.05) is 0 Å². The fourth-order valence-corrected chi connectivity index (χ4v) is 1.46. The summed E-state index contributed by atoms with van der Waals surface area (Å²) in [5.41, 5.74) is 0.970. The van der Waals surface area contributed by atoms with E-state index in [2.05, 4.69) is 31.8 Å². The molecule has 0 saturated carbocycles. The van der Waals surface area contributed by atoms with E-state index in [4.69, 9.17) is 4.74 Å². The lowest BCUT2D eigenvalue weighted by Crippen LogP contribution is -2.22. The number of ether oxygens (including phenoxy) is 1. The number of H-pyrrole nitrogens is 1. The van der Waals surface area contributed by atoms with Gasteiger partial charge in [-0.25, -0.2) is 0 Å². The zero-order valence-corrected chi connectivity index (χ0v) is 8.79. The molecule has 2 rings (SSSR count). The van der Waals surface area contributed by atoms with E-state index in [0.29, 0.717) is 0 Å². The monoisotopic (exact) mass is 189 g/mol. The quantitative estimate of drug-likeness (QED) is 0.731. The Morgan fingerprint density at radius 1 is 1.14 bits per heavy atom. The van der Waals surface area contributed by atoms with E-state index in [1.54, 1.807) is 0 Å². The summed E-state index contributed by atoms with van der Waals surface area (Å²) in [6.07, 6.45) is 1.91. The molecule has 74 valence electrons. The minimum atomic E-state index is -0.148. The molecule has 2 aromatic rings. The number of aromatic amines is 1. The molecule has 0 bridgehead atoms. The first-order valence-corrected chi connectivity index (χ1v) is 4.81. The molecule has 1 N–H and O–H groups in total. The van der Waals surface area contributed by atoms with Gasteiger partial charge in [0.25, 0.3) is 0 Å². The molecule has 0 spiro atoms. The number of benzene rings is 1. The molecule has 1 aromatic heterocycles. The van der Waals surface area contributed by atoms with Crippen molar-refractivity contribution in [3.8, 4) is 5.75 Å². The van der Waals surface area contributed by atoms with Gasteiger partial charge in [0.2, 0.25) is 0 Å².